The quantitative estimate of drug-likeness (QED) is 0.179. The summed E-state index contributed by atoms with van der Waals surface area (Å²) in [5, 5.41) is 4.92. The standard InChI is InChI=1S/C46H37N2O2/c1-45(2)38(47(3)36-23-21-27-12-7-8-15-31(27)42(36)45)18-11-19-39-46(35-24-28-13-5-6-14-29(28)25-37(35)48(39)4)26-30-20-22-34-40(41(30)46)44(50)33-17-10-9-16-32(33)43(34)49/h5-25,34,40H,26H2,1-4H3/q+1. The Labute approximate surface area is 292 Å². The van der Waals surface area contributed by atoms with Gasteiger partial charge in [0.2, 0.25) is 5.69 Å². The topological polar surface area (TPSA) is 40.4 Å². The first-order valence-corrected chi connectivity index (χ1v) is 17.6. The molecule has 3 unspecified atom stereocenters. The molecule has 0 N–H and O–H groups in total. The summed E-state index contributed by atoms with van der Waals surface area (Å²) < 4.78 is 2.33. The van der Waals surface area contributed by atoms with E-state index in [1.54, 1.807) is 6.07 Å². The summed E-state index contributed by atoms with van der Waals surface area (Å²) in [7, 11) is 4.32. The number of hydrogen-bond donors (Lipinski definition) is 0. The van der Waals surface area contributed by atoms with Crippen molar-refractivity contribution < 1.29 is 14.2 Å². The number of carbonyl (C=O) groups is 2. The van der Waals surface area contributed by atoms with Crippen LogP contribution in [0.25, 0.3) is 21.5 Å². The van der Waals surface area contributed by atoms with E-state index in [9.17, 15) is 9.59 Å². The van der Waals surface area contributed by atoms with E-state index < -0.39 is 17.3 Å². The zero-order valence-corrected chi connectivity index (χ0v) is 28.7. The lowest BCUT2D eigenvalue weighted by Gasteiger charge is -2.51. The lowest BCUT2D eigenvalue weighted by atomic mass is 9.50. The fraction of sp³-hybridized carbons (Fsp3) is 0.196. The van der Waals surface area contributed by atoms with Crippen LogP contribution in [0.4, 0.5) is 11.4 Å². The van der Waals surface area contributed by atoms with Crippen LogP contribution in [-0.4, -0.2) is 35.9 Å². The van der Waals surface area contributed by atoms with E-state index in [0.29, 0.717) is 11.1 Å². The number of allylic oxidation sites excluding steroid dienone is 7. The summed E-state index contributed by atoms with van der Waals surface area (Å²) in [4.78, 5) is 30.7. The molecule has 3 atom stereocenters. The van der Waals surface area contributed by atoms with Crippen molar-refractivity contribution in [2.75, 3.05) is 19.0 Å². The van der Waals surface area contributed by atoms with E-state index in [0.717, 1.165) is 23.4 Å². The molecule has 2 aliphatic heterocycles. The fourth-order valence-electron chi connectivity index (χ4n) is 10.1. The Morgan fingerprint density at radius 2 is 1.50 bits per heavy atom. The van der Waals surface area contributed by atoms with Crippen molar-refractivity contribution in [2.24, 2.45) is 11.8 Å². The predicted molar refractivity (Wildman–Crippen MR) is 202 cm³/mol. The number of ketones is 2. The Kier molecular flexibility index (Phi) is 5.85. The summed E-state index contributed by atoms with van der Waals surface area (Å²) in [6, 6.07) is 33.6. The van der Waals surface area contributed by atoms with Gasteiger partial charge in [-0.3, -0.25) is 9.59 Å². The van der Waals surface area contributed by atoms with Crippen LogP contribution < -0.4 is 4.90 Å². The summed E-state index contributed by atoms with van der Waals surface area (Å²) in [5.41, 5.74) is 10.0. The molecule has 0 bridgehead atoms. The molecule has 10 rings (SSSR count). The fourth-order valence-corrected chi connectivity index (χ4v) is 10.1. The van der Waals surface area contributed by atoms with Crippen LogP contribution in [0.15, 0.2) is 144 Å². The first kappa shape index (κ1) is 29.3. The maximum Gasteiger partial charge on any atom is 0.210 e. The molecule has 0 saturated heterocycles. The van der Waals surface area contributed by atoms with Gasteiger partial charge in [0.25, 0.3) is 0 Å². The number of nitrogens with zero attached hydrogens (tertiary/aromatic N) is 2. The molecule has 2 heterocycles. The van der Waals surface area contributed by atoms with Gasteiger partial charge in [-0.2, -0.15) is 4.58 Å². The van der Waals surface area contributed by atoms with E-state index in [-0.39, 0.29) is 17.0 Å². The van der Waals surface area contributed by atoms with Crippen molar-refractivity contribution >= 4 is 50.2 Å². The highest BCUT2D eigenvalue weighted by molar-refractivity contribution is 6.18. The number of carbonyl (C=O) groups excluding carboxylic acids is 2. The highest BCUT2D eigenvalue weighted by atomic mass is 16.1. The molecule has 0 fully saturated rings. The molecule has 3 aliphatic carbocycles. The van der Waals surface area contributed by atoms with Gasteiger partial charge in [0.15, 0.2) is 17.3 Å². The number of benzene rings is 5. The molecule has 5 aromatic carbocycles. The molecule has 4 nitrogen and oxygen atoms in total. The minimum Gasteiger partial charge on any atom is -0.347 e. The first-order chi connectivity index (χ1) is 24.2. The first-order valence-electron chi connectivity index (χ1n) is 17.6. The van der Waals surface area contributed by atoms with Crippen LogP contribution in [0.3, 0.4) is 0 Å². The van der Waals surface area contributed by atoms with Gasteiger partial charge in [0.1, 0.15) is 7.05 Å². The van der Waals surface area contributed by atoms with Crippen molar-refractivity contribution in [2.45, 2.75) is 31.1 Å². The molecule has 5 aromatic rings. The molecular formula is C46H37N2O2+. The summed E-state index contributed by atoms with van der Waals surface area (Å²) >= 11 is 0. The van der Waals surface area contributed by atoms with Crippen molar-refractivity contribution in [3.8, 4) is 0 Å². The molecule has 1 spiro atoms. The van der Waals surface area contributed by atoms with Crippen molar-refractivity contribution in [1.82, 2.24) is 0 Å². The molecule has 4 heteroatoms. The highest BCUT2D eigenvalue weighted by Crippen LogP contribution is 2.66. The zero-order valence-electron chi connectivity index (χ0n) is 28.7. The van der Waals surface area contributed by atoms with Gasteiger partial charge in [-0.1, -0.05) is 91.0 Å². The average molecular weight is 650 g/mol. The van der Waals surface area contributed by atoms with Crippen LogP contribution in [0, 0.1) is 11.8 Å². The number of rotatable bonds is 2. The minimum atomic E-state index is -0.513. The molecule has 5 aliphatic rings. The Morgan fingerprint density at radius 3 is 2.28 bits per heavy atom. The summed E-state index contributed by atoms with van der Waals surface area (Å²) in [6.07, 6.45) is 11.7. The predicted octanol–water partition coefficient (Wildman–Crippen LogP) is 9.41. The molecule has 0 saturated carbocycles. The van der Waals surface area contributed by atoms with E-state index in [4.69, 9.17) is 0 Å². The highest BCUT2D eigenvalue weighted by Gasteiger charge is 2.61. The molecule has 50 heavy (non-hydrogen) atoms. The van der Waals surface area contributed by atoms with Gasteiger partial charge in [0, 0.05) is 47.3 Å². The largest absolute Gasteiger partial charge is 0.347 e. The second-order valence-corrected chi connectivity index (χ2v) is 15.1. The van der Waals surface area contributed by atoms with Crippen LogP contribution in [-0.2, 0) is 10.8 Å². The van der Waals surface area contributed by atoms with Gasteiger partial charge in [-0.25, -0.2) is 0 Å². The summed E-state index contributed by atoms with van der Waals surface area (Å²) in [6.45, 7) is 4.64. The molecule has 0 aromatic heterocycles. The van der Waals surface area contributed by atoms with Crippen LogP contribution >= 0.6 is 0 Å². The Bertz CT molecular complexity index is 2580. The lowest BCUT2D eigenvalue weighted by molar-refractivity contribution is -0.401. The van der Waals surface area contributed by atoms with E-state index in [1.807, 2.05) is 24.3 Å². The van der Waals surface area contributed by atoms with Gasteiger partial charge in [-0.15, -0.1) is 0 Å². The van der Waals surface area contributed by atoms with E-state index in [1.165, 1.54) is 49.6 Å². The number of hydrogen-bond acceptors (Lipinski definition) is 3. The third-order valence-electron chi connectivity index (χ3n) is 12.4. The number of fused-ring (bicyclic) bond motifs is 10. The Morgan fingerprint density at radius 1 is 0.820 bits per heavy atom. The van der Waals surface area contributed by atoms with E-state index in [2.05, 4.69) is 135 Å². The summed E-state index contributed by atoms with van der Waals surface area (Å²) in [5.74, 6) is -0.901. The lowest BCUT2D eigenvalue weighted by Crippen LogP contribution is -2.50. The Balaban J connectivity index is 1.14. The van der Waals surface area contributed by atoms with Crippen LogP contribution in [0.2, 0.25) is 0 Å². The third-order valence-corrected chi connectivity index (χ3v) is 12.4. The van der Waals surface area contributed by atoms with Crippen LogP contribution in [0.1, 0.15) is 52.1 Å². The molecule has 0 radical (unpaired) electrons. The smallest absolute Gasteiger partial charge is 0.210 e. The van der Waals surface area contributed by atoms with Crippen molar-refractivity contribution in [3.05, 3.63) is 167 Å². The number of anilines is 1. The monoisotopic (exact) mass is 649 g/mol. The minimum absolute atomic E-state index is 0.0422. The maximum atomic E-state index is 14.5. The van der Waals surface area contributed by atoms with E-state index >= 15 is 0 Å². The molecule has 242 valence electrons. The van der Waals surface area contributed by atoms with Gasteiger partial charge >= 0.3 is 0 Å². The third kappa shape index (κ3) is 3.58. The average Bonchev–Trinajstić information content (AvgIpc) is 3.48. The van der Waals surface area contributed by atoms with Gasteiger partial charge in [-0.05, 0) is 82.8 Å². The number of Topliss-reactive ketones (excluding diaryl/α,β-unsaturated/α-hetero) is 2. The van der Waals surface area contributed by atoms with Crippen molar-refractivity contribution in [3.63, 3.8) is 0 Å². The maximum absolute atomic E-state index is 14.5. The SMILES string of the molecule is CN1C(=CC=CC2=[N+](C)c3ccc4ccccc4c3C2(C)C)C2(CC3=C2C2C(=O)c4ccccc4C(=O)C2C=C3)c2cc3ccccc3cc21. The second kappa shape index (κ2) is 9.98. The van der Waals surface area contributed by atoms with Crippen molar-refractivity contribution in [1.29, 1.82) is 0 Å². The molecular weight excluding hydrogens is 613 g/mol. The van der Waals surface area contributed by atoms with Crippen LogP contribution in [0.5, 0.6) is 0 Å². The molecule has 0 amide bonds. The number of likely N-dealkylation sites (N-methyl/N-ethyl adjacent to an activating group) is 1. The zero-order chi connectivity index (χ0) is 34.1. The second-order valence-electron chi connectivity index (χ2n) is 15.1. The normalized spacial score (nSPS) is 25.1. The Hall–Kier alpha value is -5.61. The van der Waals surface area contributed by atoms with Gasteiger partial charge < -0.3 is 4.90 Å². The van der Waals surface area contributed by atoms with Gasteiger partial charge in [0.05, 0.1) is 22.7 Å².